The van der Waals surface area contributed by atoms with E-state index in [1.165, 1.54) is 26.0 Å². The van der Waals surface area contributed by atoms with Crippen molar-refractivity contribution < 1.29 is 28.9 Å². The zero-order valence-corrected chi connectivity index (χ0v) is 26.4. The summed E-state index contributed by atoms with van der Waals surface area (Å²) >= 11 is 23.9. The van der Waals surface area contributed by atoms with Crippen LogP contribution in [-0.2, 0) is 13.2 Å². The van der Waals surface area contributed by atoms with Crippen molar-refractivity contribution in [1.29, 1.82) is 0 Å². The van der Waals surface area contributed by atoms with E-state index in [9.17, 15) is 14.7 Å². The van der Waals surface area contributed by atoms with Gasteiger partial charge in [0.2, 0.25) is 0 Å². The first-order chi connectivity index (χ1) is 20.5. The van der Waals surface area contributed by atoms with E-state index >= 15 is 0 Å². The highest BCUT2D eigenvalue weighted by atomic mass is 35.5. The molecule has 0 spiro atoms. The second kappa shape index (κ2) is 16.2. The Labute approximate surface area is 270 Å². The number of hydrogen-bond acceptors (Lipinski definition) is 6. The highest BCUT2D eigenvalue weighted by Gasteiger charge is 2.11. The molecule has 0 atom stereocenters. The van der Waals surface area contributed by atoms with Crippen molar-refractivity contribution in [3.05, 3.63) is 128 Å². The van der Waals surface area contributed by atoms with Gasteiger partial charge in [0.15, 0.2) is 34.6 Å². The number of ketones is 2. The molecule has 0 fully saturated rings. The molecule has 0 unspecified atom stereocenters. The Balaban J connectivity index is 0.000000238. The molecule has 0 aliphatic heterocycles. The van der Waals surface area contributed by atoms with Crippen molar-refractivity contribution in [3.63, 3.8) is 0 Å². The van der Waals surface area contributed by atoms with Crippen LogP contribution in [0.1, 0.15) is 45.7 Å². The zero-order valence-electron chi connectivity index (χ0n) is 23.3. The molecule has 4 aromatic rings. The molecule has 6 nitrogen and oxygen atoms in total. The molecule has 0 amide bonds. The van der Waals surface area contributed by atoms with Gasteiger partial charge in [0.05, 0.1) is 0 Å². The first kappa shape index (κ1) is 33.8. The normalized spacial score (nSPS) is 10.3. The van der Waals surface area contributed by atoms with Crippen LogP contribution in [0.5, 0.6) is 23.0 Å². The third kappa shape index (κ3) is 10.2. The van der Waals surface area contributed by atoms with Crippen LogP contribution in [0.4, 0.5) is 0 Å². The van der Waals surface area contributed by atoms with E-state index in [4.69, 9.17) is 60.6 Å². The number of rotatable bonds is 11. The van der Waals surface area contributed by atoms with E-state index in [1.807, 2.05) is 0 Å². The third-order valence-electron chi connectivity index (χ3n) is 5.87. The number of halogens is 4. The van der Waals surface area contributed by atoms with E-state index in [1.54, 1.807) is 66.7 Å². The lowest BCUT2D eigenvalue weighted by Crippen LogP contribution is -2.02. The number of ether oxygens (including phenoxy) is 3. The predicted octanol–water partition coefficient (Wildman–Crippen LogP) is 9.82. The Morgan fingerprint density at radius 1 is 0.674 bits per heavy atom. The van der Waals surface area contributed by atoms with E-state index in [-0.39, 0.29) is 36.3 Å². The lowest BCUT2D eigenvalue weighted by Gasteiger charge is -2.13. The molecule has 0 aliphatic rings. The van der Waals surface area contributed by atoms with Crippen molar-refractivity contribution >= 4 is 58.0 Å². The Morgan fingerprint density at radius 3 is 1.65 bits per heavy atom. The topological polar surface area (TPSA) is 82.1 Å². The zero-order chi connectivity index (χ0) is 31.5. The number of phenols is 1. The minimum atomic E-state index is -0.0978. The Bertz CT molecular complexity index is 1620. The number of carbonyl (C=O) groups excluding carboxylic acids is 2. The van der Waals surface area contributed by atoms with E-state index in [2.05, 4.69) is 6.58 Å². The van der Waals surface area contributed by atoms with Gasteiger partial charge in [0.1, 0.15) is 19.8 Å². The minimum absolute atomic E-state index is 0.0277. The molecule has 43 heavy (non-hydrogen) atoms. The van der Waals surface area contributed by atoms with Crippen LogP contribution in [0.3, 0.4) is 0 Å². The summed E-state index contributed by atoms with van der Waals surface area (Å²) < 4.78 is 16.8. The van der Waals surface area contributed by atoms with Gasteiger partial charge in [-0.05, 0) is 74.5 Å². The third-order valence-corrected chi connectivity index (χ3v) is 7.04. The van der Waals surface area contributed by atoms with Crippen molar-refractivity contribution in [2.45, 2.75) is 27.1 Å². The molecule has 4 rings (SSSR count). The smallest absolute Gasteiger partial charge is 0.162 e. The predicted molar refractivity (Wildman–Crippen MR) is 172 cm³/mol. The van der Waals surface area contributed by atoms with E-state index < -0.39 is 0 Å². The quantitative estimate of drug-likeness (QED) is 0.127. The standard InChI is InChI=1S/C18H16Cl2O3.C15H12Cl2O3/c1-3-8-22-17-7-5-13(12(2)21)9-18(17)23-11-14-4-6-15(19)10-16(14)20;1-9(18)10-3-5-14(19)15(6-10)20-8-11-2-4-12(16)7-13(11)17/h3-7,9-10H,1,8,11H2,2H3;2-7,19H,8H2,1H3. The number of phenolic OH excluding ortho intramolecular Hbond substituents is 1. The summed E-state index contributed by atoms with van der Waals surface area (Å²) in [7, 11) is 0. The monoisotopic (exact) mass is 660 g/mol. The van der Waals surface area contributed by atoms with Crippen LogP contribution < -0.4 is 14.2 Å². The molecule has 0 aliphatic carbocycles. The highest BCUT2D eigenvalue weighted by molar-refractivity contribution is 6.35. The Morgan fingerprint density at radius 2 is 1.16 bits per heavy atom. The summed E-state index contributed by atoms with van der Waals surface area (Å²) in [6.45, 7) is 7.32. The van der Waals surface area contributed by atoms with Crippen LogP contribution in [-0.4, -0.2) is 23.3 Å². The van der Waals surface area contributed by atoms with E-state index in [0.717, 1.165) is 11.1 Å². The van der Waals surface area contributed by atoms with Crippen LogP contribution in [0.25, 0.3) is 0 Å². The van der Waals surface area contributed by atoms with Gasteiger partial charge in [-0.3, -0.25) is 9.59 Å². The Kier molecular flexibility index (Phi) is 12.8. The second-order valence-electron chi connectivity index (χ2n) is 9.10. The maximum absolute atomic E-state index is 11.5. The summed E-state index contributed by atoms with van der Waals surface area (Å²) in [4.78, 5) is 22.8. The van der Waals surface area contributed by atoms with Gasteiger partial charge in [-0.2, -0.15) is 0 Å². The highest BCUT2D eigenvalue weighted by Crippen LogP contribution is 2.31. The molecule has 10 heteroatoms. The fourth-order valence-corrected chi connectivity index (χ4v) is 4.47. The van der Waals surface area contributed by atoms with Crippen LogP contribution in [0.2, 0.25) is 20.1 Å². The molecule has 4 aromatic carbocycles. The number of benzene rings is 4. The molecule has 0 bridgehead atoms. The van der Waals surface area contributed by atoms with Crippen molar-refractivity contribution in [2.75, 3.05) is 6.61 Å². The van der Waals surface area contributed by atoms with Gasteiger partial charge >= 0.3 is 0 Å². The molecular formula is C33H28Cl4O6. The van der Waals surface area contributed by atoms with Crippen molar-refractivity contribution in [3.8, 4) is 23.0 Å². The summed E-state index contributed by atoms with van der Waals surface area (Å²) in [6.07, 6.45) is 1.64. The maximum Gasteiger partial charge on any atom is 0.162 e. The van der Waals surface area contributed by atoms with Crippen LogP contribution >= 0.6 is 46.4 Å². The second-order valence-corrected chi connectivity index (χ2v) is 10.8. The Hall–Kier alpha value is -3.68. The molecule has 1 N–H and O–H groups in total. The van der Waals surface area contributed by atoms with Gasteiger partial charge in [0, 0.05) is 42.3 Å². The van der Waals surface area contributed by atoms with Gasteiger partial charge in [0.25, 0.3) is 0 Å². The van der Waals surface area contributed by atoms with E-state index in [0.29, 0.717) is 49.3 Å². The molecule has 0 radical (unpaired) electrons. The van der Waals surface area contributed by atoms with Gasteiger partial charge in [-0.15, -0.1) is 0 Å². The molecule has 0 saturated carbocycles. The lowest BCUT2D eigenvalue weighted by molar-refractivity contribution is 0.100. The summed E-state index contributed by atoms with van der Waals surface area (Å²) in [6, 6.07) is 19.8. The number of Topliss-reactive ketones (excluding diaryl/α,β-unsaturated/α-hetero) is 2. The number of aromatic hydroxyl groups is 1. The number of carbonyl (C=O) groups is 2. The molecular weight excluding hydrogens is 634 g/mol. The lowest BCUT2D eigenvalue weighted by atomic mass is 10.1. The molecule has 0 aromatic heterocycles. The maximum atomic E-state index is 11.5. The molecule has 224 valence electrons. The summed E-state index contributed by atoms with van der Waals surface area (Å²) in [5.41, 5.74) is 2.55. The fourth-order valence-electron chi connectivity index (χ4n) is 3.55. The minimum Gasteiger partial charge on any atom is -0.504 e. The average Bonchev–Trinajstić information content (AvgIpc) is 2.96. The average molecular weight is 662 g/mol. The van der Waals surface area contributed by atoms with Crippen molar-refractivity contribution in [1.82, 2.24) is 0 Å². The summed E-state index contributed by atoms with van der Waals surface area (Å²) in [5, 5.41) is 11.8. The van der Waals surface area contributed by atoms with Crippen LogP contribution in [0.15, 0.2) is 85.5 Å². The van der Waals surface area contributed by atoms with Gasteiger partial charge in [-0.25, -0.2) is 0 Å². The first-order valence-corrected chi connectivity index (χ1v) is 14.4. The number of hydrogen-bond donors (Lipinski definition) is 1. The molecule has 0 heterocycles. The first-order valence-electron chi connectivity index (χ1n) is 12.8. The van der Waals surface area contributed by atoms with Gasteiger partial charge < -0.3 is 19.3 Å². The largest absolute Gasteiger partial charge is 0.504 e. The summed E-state index contributed by atoms with van der Waals surface area (Å²) in [5.74, 6) is 1.09. The van der Waals surface area contributed by atoms with Gasteiger partial charge in [-0.1, -0.05) is 71.2 Å². The van der Waals surface area contributed by atoms with Crippen molar-refractivity contribution in [2.24, 2.45) is 0 Å². The SMILES string of the molecule is C=CCOc1ccc(C(C)=O)cc1OCc1ccc(Cl)cc1Cl.CC(=O)c1ccc(O)c(OCc2ccc(Cl)cc2Cl)c1. The van der Waals surface area contributed by atoms with Crippen LogP contribution in [0, 0.1) is 0 Å². The molecule has 0 saturated heterocycles. The fraction of sp³-hybridized carbons (Fsp3) is 0.152.